The van der Waals surface area contributed by atoms with E-state index in [0.717, 1.165) is 6.42 Å². The van der Waals surface area contributed by atoms with Gasteiger partial charge < -0.3 is 4.55 Å². The van der Waals surface area contributed by atoms with Gasteiger partial charge >= 0.3 is 0 Å². The summed E-state index contributed by atoms with van der Waals surface area (Å²) in [6.45, 7) is 2.19. The van der Waals surface area contributed by atoms with Crippen molar-refractivity contribution in [2.45, 2.75) is 39.0 Å². The number of hydrogen-bond acceptors (Lipinski definition) is 1. The maximum absolute atomic E-state index is 10.2. The van der Waals surface area contributed by atoms with E-state index in [1.54, 1.807) is 6.08 Å². The van der Waals surface area contributed by atoms with Gasteiger partial charge in [0.05, 0.1) is 5.75 Å². The molecule has 0 radical (unpaired) electrons. The highest BCUT2D eigenvalue weighted by Gasteiger charge is 1.86. The van der Waals surface area contributed by atoms with Gasteiger partial charge in [-0.15, -0.1) is 0 Å². The summed E-state index contributed by atoms with van der Waals surface area (Å²) >= 11 is -1.66. The number of allylic oxidation sites excluding steroid dienone is 1. The van der Waals surface area contributed by atoms with Crippen molar-refractivity contribution in [1.29, 1.82) is 0 Å². The summed E-state index contributed by atoms with van der Waals surface area (Å²) in [5.41, 5.74) is 0. The second-order valence-corrected chi connectivity index (χ2v) is 3.79. The molecule has 2 nitrogen and oxygen atoms in total. The SMILES string of the molecule is CCCCCCC=CCS(=O)O. The Kier molecular flexibility index (Phi) is 8.83. The second kappa shape index (κ2) is 8.94. The zero-order valence-corrected chi connectivity index (χ0v) is 8.48. The molecule has 0 aliphatic heterocycles. The first-order valence-corrected chi connectivity index (χ1v) is 5.77. The van der Waals surface area contributed by atoms with Crippen LogP contribution in [0.2, 0.25) is 0 Å². The molecule has 0 aromatic heterocycles. The molecular weight excluding hydrogens is 172 g/mol. The van der Waals surface area contributed by atoms with Crippen LogP contribution in [0.15, 0.2) is 12.2 Å². The molecule has 1 unspecified atom stereocenters. The van der Waals surface area contributed by atoms with Crippen LogP contribution in [-0.4, -0.2) is 14.5 Å². The summed E-state index contributed by atoms with van der Waals surface area (Å²) in [7, 11) is 0. The molecule has 0 aliphatic rings. The van der Waals surface area contributed by atoms with E-state index >= 15 is 0 Å². The van der Waals surface area contributed by atoms with Crippen LogP contribution in [0.5, 0.6) is 0 Å². The van der Waals surface area contributed by atoms with Gasteiger partial charge in [-0.05, 0) is 12.8 Å². The van der Waals surface area contributed by atoms with Crippen molar-refractivity contribution in [2.24, 2.45) is 0 Å². The van der Waals surface area contributed by atoms with E-state index in [-0.39, 0.29) is 5.75 Å². The largest absolute Gasteiger partial charge is 0.306 e. The fourth-order valence-corrected chi connectivity index (χ4v) is 1.26. The van der Waals surface area contributed by atoms with Crippen LogP contribution in [0.1, 0.15) is 39.0 Å². The summed E-state index contributed by atoms with van der Waals surface area (Å²) in [6, 6.07) is 0. The summed E-state index contributed by atoms with van der Waals surface area (Å²) in [5.74, 6) is 0.272. The molecule has 0 aliphatic carbocycles. The summed E-state index contributed by atoms with van der Waals surface area (Å²) in [5, 5.41) is 0. The first-order chi connectivity index (χ1) is 5.77. The lowest BCUT2D eigenvalue weighted by Crippen LogP contribution is -1.88. The van der Waals surface area contributed by atoms with E-state index in [4.69, 9.17) is 4.55 Å². The van der Waals surface area contributed by atoms with E-state index in [9.17, 15) is 4.21 Å². The first kappa shape index (κ1) is 11.8. The minimum atomic E-state index is -1.66. The zero-order valence-electron chi connectivity index (χ0n) is 7.66. The monoisotopic (exact) mass is 190 g/mol. The molecule has 0 rings (SSSR count). The molecule has 1 N–H and O–H groups in total. The lowest BCUT2D eigenvalue weighted by molar-refractivity contribution is 0.567. The summed E-state index contributed by atoms with van der Waals surface area (Å²) in [6.07, 6.45) is 9.82. The molecule has 3 heteroatoms. The van der Waals surface area contributed by atoms with Crippen molar-refractivity contribution in [3.63, 3.8) is 0 Å². The van der Waals surface area contributed by atoms with Gasteiger partial charge in [0.15, 0.2) is 11.1 Å². The first-order valence-electron chi connectivity index (χ1n) is 4.49. The third-order valence-corrected chi connectivity index (χ3v) is 2.11. The number of hydrogen-bond donors (Lipinski definition) is 1. The minimum Gasteiger partial charge on any atom is -0.306 e. The maximum atomic E-state index is 10.2. The molecule has 0 saturated carbocycles. The van der Waals surface area contributed by atoms with Crippen LogP contribution >= 0.6 is 0 Å². The van der Waals surface area contributed by atoms with Gasteiger partial charge in [-0.2, -0.15) is 0 Å². The van der Waals surface area contributed by atoms with Gasteiger partial charge in [-0.1, -0.05) is 38.3 Å². The molecule has 0 bridgehead atoms. The average molecular weight is 190 g/mol. The van der Waals surface area contributed by atoms with E-state index in [2.05, 4.69) is 6.92 Å². The van der Waals surface area contributed by atoms with E-state index in [1.807, 2.05) is 6.08 Å². The molecule has 0 aromatic carbocycles. The smallest absolute Gasteiger partial charge is 0.156 e. The molecule has 0 saturated heterocycles. The molecule has 0 spiro atoms. The van der Waals surface area contributed by atoms with Crippen molar-refractivity contribution in [1.82, 2.24) is 0 Å². The Bertz CT molecular complexity index is 143. The van der Waals surface area contributed by atoms with Gasteiger partial charge in [0.1, 0.15) is 0 Å². The Morgan fingerprint density at radius 2 is 2.00 bits per heavy atom. The quantitative estimate of drug-likeness (QED) is 0.381. The van der Waals surface area contributed by atoms with Crippen LogP contribution < -0.4 is 0 Å². The third-order valence-electron chi connectivity index (χ3n) is 1.63. The standard InChI is InChI=1S/C9H18O2S/c1-2-3-4-5-6-7-8-9-12(10)11/h7-8H,2-6,9H2,1H3,(H,10,11). The maximum Gasteiger partial charge on any atom is 0.156 e. The van der Waals surface area contributed by atoms with Crippen LogP contribution in [0, 0.1) is 0 Å². The predicted octanol–water partition coefficient (Wildman–Crippen LogP) is 2.73. The average Bonchev–Trinajstić information content (AvgIpc) is 2.02. The van der Waals surface area contributed by atoms with Crippen molar-refractivity contribution in [3.8, 4) is 0 Å². The highest BCUT2D eigenvalue weighted by molar-refractivity contribution is 7.79. The Morgan fingerprint density at radius 1 is 1.25 bits per heavy atom. The third kappa shape index (κ3) is 9.85. The van der Waals surface area contributed by atoms with Crippen LogP contribution in [0.25, 0.3) is 0 Å². The van der Waals surface area contributed by atoms with Crippen molar-refractivity contribution in [3.05, 3.63) is 12.2 Å². The number of rotatable bonds is 7. The van der Waals surface area contributed by atoms with E-state index in [1.165, 1.54) is 25.7 Å². The molecule has 72 valence electrons. The Morgan fingerprint density at radius 3 is 2.58 bits per heavy atom. The van der Waals surface area contributed by atoms with Crippen molar-refractivity contribution in [2.75, 3.05) is 5.75 Å². The molecule has 0 heterocycles. The highest BCUT2D eigenvalue weighted by Crippen LogP contribution is 2.02. The van der Waals surface area contributed by atoms with Gasteiger partial charge in [-0.3, -0.25) is 0 Å². The second-order valence-electron chi connectivity index (χ2n) is 2.81. The Hall–Kier alpha value is -0.150. The molecule has 1 atom stereocenters. The van der Waals surface area contributed by atoms with Crippen molar-refractivity contribution < 1.29 is 8.76 Å². The Labute approximate surface area is 77.3 Å². The predicted molar refractivity (Wildman–Crippen MR) is 53.5 cm³/mol. The molecule has 0 aromatic rings. The van der Waals surface area contributed by atoms with Gasteiger partial charge in [-0.25, -0.2) is 4.21 Å². The molecular formula is C9H18O2S. The fourth-order valence-electron chi connectivity index (χ4n) is 0.957. The Balaban J connectivity index is 3.08. The van der Waals surface area contributed by atoms with E-state index < -0.39 is 11.1 Å². The van der Waals surface area contributed by atoms with Gasteiger partial charge in [0.2, 0.25) is 0 Å². The topological polar surface area (TPSA) is 37.3 Å². The van der Waals surface area contributed by atoms with Crippen LogP contribution in [-0.2, 0) is 11.1 Å². The molecule has 0 fully saturated rings. The van der Waals surface area contributed by atoms with Gasteiger partial charge in [0, 0.05) is 0 Å². The zero-order chi connectivity index (χ0) is 9.23. The summed E-state index contributed by atoms with van der Waals surface area (Å²) < 4.78 is 18.6. The van der Waals surface area contributed by atoms with E-state index in [0.29, 0.717) is 0 Å². The molecule has 12 heavy (non-hydrogen) atoms. The lowest BCUT2D eigenvalue weighted by atomic mass is 10.1. The molecule has 0 amide bonds. The minimum absolute atomic E-state index is 0.272. The normalized spacial score (nSPS) is 13.8. The summed E-state index contributed by atoms with van der Waals surface area (Å²) in [4.78, 5) is 0. The number of unbranched alkanes of at least 4 members (excludes halogenated alkanes) is 4. The highest BCUT2D eigenvalue weighted by atomic mass is 32.2. The van der Waals surface area contributed by atoms with Crippen molar-refractivity contribution >= 4 is 11.1 Å². The fraction of sp³-hybridized carbons (Fsp3) is 0.778. The van der Waals surface area contributed by atoms with Gasteiger partial charge in [0.25, 0.3) is 0 Å². The van der Waals surface area contributed by atoms with Crippen LogP contribution in [0.4, 0.5) is 0 Å². The lowest BCUT2D eigenvalue weighted by Gasteiger charge is -1.93. The van der Waals surface area contributed by atoms with Crippen LogP contribution in [0.3, 0.4) is 0 Å².